The van der Waals surface area contributed by atoms with Gasteiger partial charge in [-0.3, -0.25) is 0 Å². The van der Waals surface area contributed by atoms with E-state index < -0.39 is 0 Å². The van der Waals surface area contributed by atoms with Crippen LogP contribution in [0.1, 0.15) is 59.1 Å². The summed E-state index contributed by atoms with van der Waals surface area (Å²) >= 11 is 0. The number of anilines is 4. The normalized spacial score (nSPS) is 17.0. The second-order valence-electron chi connectivity index (χ2n) is 12.9. The smallest absolute Gasteiger partial charge is 0.134 e. The predicted octanol–water partition coefficient (Wildman–Crippen LogP) is 7.42. The molecule has 4 aromatic carbocycles. The quantitative estimate of drug-likeness (QED) is 0.121. The molecule has 0 amide bonds. The fraction of sp³-hybridized carbons (Fsp3) is 0.333. The van der Waals surface area contributed by atoms with E-state index in [9.17, 15) is 0 Å². The molecule has 8 rings (SSSR count). The summed E-state index contributed by atoms with van der Waals surface area (Å²) in [6.45, 7) is 5.25. The monoisotopic (exact) mass is 594 g/mol. The number of hydrazone groups is 2. The number of benzene rings is 4. The highest BCUT2D eigenvalue weighted by atomic mass is 15.6. The molecule has 45 heavy (non-hydrogen) atoms. The average molecular weight is 595 g/mol. The average Bonchev–Trinajstić information content (AvgIpc) is 3.09. The van der Waals surface area contributed by atoms with Gasteiger partial charge in [-0.1, -0.05) is 36.4 Å². The van der Waals surface area contributed by atoms with E-state index in [4.69, 9.17) is 10.2 Å². The van der Waals surface area contributed by atoms with Crippen LogP contribution in [0.15, 0.2) is 95.1 Å². The van der Waals surface area contributed by atoms with Gasteiger partial charge in [-0.2, -0.15) is 10.2 Å². The van der Waals surface area contributed by atoms with Crippen LogP contribution in [-0.2, 0) is 25.7 Å². The lowest BCUT2D eigenvalue weighted by atomic mass is 9.90. The first kappa shape index (κ1) is 27.9. The van der Waals surface area contributed by atoms with Crippen LogP contribution in [0.3, 0.4) is 0 Å². The Labute approximate surface area is 267 Å². The zero-order valence-electron chi connectivity index (χ0n) is 26.1. The van der Waals surface area contributed by atoms with E-state index >= 15 is 0 Å². The fourth-order valence-electron chi connectivity index (χ4n) is 7.78. The van der Waals surface area contributed by atoms with Gasteiger partial charge in [0.1, 0.15) is 6.67 Å². The number of nitrogens with zero attached hydrogens (tertiary/aromatic N) is 6. The first-order valence-electron chi connectivity index (χ1n) is 16.8. The van der Waals surface area contributed by atoms with Crippen molar-refractivity contribution in [3.05, 3.63) is 118 Å². The molecule has 0 aromatic heterocycles. The van der Waals surface area contributed by atoms with Crippen molar-refractivity contribution in [3.8, 4) is 0 Å². The lowest BCUT2D eigenvalue weighted by molar-refractivity contribution is 0.634. The van der Waals surface area contributed by atoms with Crippen LogP contribution in [0, 0.1) is 0 Å². The minimum atomic E-state index is 0.484. The molecule has 0 bridgehead atoms. The molecule has 0 unspecified atom stereocenters. The first-order chi connectivity index (χ1) is 22.3. The van der Waals surface area contributed by atoms with Crippen LogP contribution in [0.2, 0.25) is 0 Å². The molecular weight excluding hydrogens is 552 g/mol. The van der Waals surface area contributed by atoms with Crippen LogP contribution >= 0.6 is 0 Å². The van der Waals surface area contributed by atoms with Gasteiger partial charge in [0, 0.05) is 37.6 Å². The molecule has 6 heteroatoms. The number of aryl methyl sites for hydroxylation is 4. The van der Waals surface area contributed by atoms with E-state index in [1.165, 1.54) is 96.6 Å². The van der Waals surface area contributed by atoms with Gasteiger partial charge in [0.25, 0.3) is 0 Å². The molecule has 0 saturated heterocycles. The minimum absolute atomic E-state index is 0.484. The van der Waals surface area contributed by atoms with Crippen LogP contribution in [0.4, 0.5) is 22.7 Å². The molecule has 0 aliphatic carbocycles. The Balaban J connectivity index is 1.11. The molecule has 4 heterocycles. The zero-order valence-corrected chi connectivity index (χ0v) is 26.1. The van der Waals surface area contributed by atoms with Gasteiger partial charge in [-0.25, -0.2) is 10.0 Å². The summed E-state index contributed by atoms with van der Waals surface area (Å²) in [5, 5.41) is 14.4. The molecular formula is C39H42N6. The Morgan fingerprint density at radius 2 is 0.867 bits per heavy atom. The van der Waals surface area contributed by atoms with Gasteiger partial charge in [0.05, 0.1) is 23.8 Å². The van der Waals surface area contributed by atoms with Crippen LogP contribution in [0.25, 0.3) is 0 Å². The fourth-order valence-corrected chi connectivity index (χ4v) is 7.78. The van der Waals surface area contributed by atoms with Crippen molar-refractivity contribution in [2.45, 2.75) is 51.4 Å². The first-order valence-corrected chi connectivity index (χ1v) is 16.8. The molecule has 4 aromatic rings. The molecule has 6 nitrogen and oxygen atoms in total. The standard InChI is InChI=1S/C39H42N6/c1-3-15-36(16-4-1)44(40-27-30-23-32-11-7-19-42-20-8-12-33(24-30)38(32)42)29-45(37-17-5-2-6-18-37)41-28-31-25-34-13-9-21-43-22-10-14-35(26-31)39(34)43/h1-6,15-18,23-28H,7-14,19-22,29H2/b40-27-,41-28-. The van der Waals surface area contributed by atoms with Crippen LogP contribution in [0.5, 0.6) is 0 Å². The topological polar surface area (TPSA) is 37.7 Å². The van der Waals surface area contributed by atoms with Crippen molar-refractivity contribution in [1.29, 1.82) is 0 Å². The Morgan fingerprint density at radius 1 is 0.511 bits per heavy atom. The molecule has 0 spiro atoms. The van der Waals surface area contributed by atoms with Crippen molar-refractivity contribution >= 4 is 35.2 Å². The Morgan fingerprint density at radius 3 is 1.22 bits per heavy atom. The third-order valence-electron chi connectivity index (χ3n) is 9.78. The van der Waals surface area contributed by atoms with Crippen molar-refractivity contribution in [3.63, 3.8) is 0 Å². The summed E-state index contributed by atoms with van der Waals surface area (Å²) in [5.74, 6) is 0. The Kier molecular flexibility index (Phi) is 7.72. The molecule has 4 aliphatic heterocycles. The maximum Gasteiger partial charge on any atom is 0.134 e. The third-order valence-corrected chi connectivity index (χ3v) is 9.78. The van der Waals surface area contributed by atoms with E-state index in [0.717, 1.165) is 37.1 Å². The molecule has 228 valence electrons. The SMILES string of the molecule is C(=N/N(CN(/N=C\c1cc2c3c(c1)CCCN3CCC2)c1ccccc1)c1ccccc1)/c1cc2c3c(c1)CCCN3CCC2. The number of hydrogen-bond donors (Lipinski definition) is 0. The van der Waals surface area contributed by atoms with E-state index in [0.29, 0.717) is 6.67 Å². The maximum atomic E-state index is 5.12. The highest BCUT2D eigenvalue weighted by Crippen LogP contribution is 2.37. The lowest BCUT2D eigenvalue weighted by Crippen LogP contribution is -2.34. The number of rotatable bonds is 8. The summed E-state index contributed by atoms with van der Waals surface area (Å²) in [6.07, 6.45) is 13.6. The van der Waals surface area contributed by atoms with Crippen LogP contribution in [-0.4, -0.2) is 45.3 Å². The number of hydrogen-bond acceptors (Lipinski definition) is 6. The van der Waals surface area contributed by atoms with Gasteiger partial charge in [-0.15, -0.1) is 0 Å². The minimum Gasteiger partial charge on any atom is -0.371 e. The summed E-state index contributed by atoms with van der Waals surface area (Å²) in [6, 6.07) is 30.4. The molecule has 0 N–H and O–H groups in total. The van der Waals surface area contributed by atoms with Gasteiger partial charge >= 0.3 is 0 Å². The van der Waals surface area contributed by atoms with Gasteiger partial charge < -0.3 is 9.80 Å². The summed E-state index contributed by atoms with van der Waals surface area (Å²) in [5.41, 5.74) is 13.4. The van der Waals surface area contributed by atoms with E-state index in [1.54, 1.807) is 0 Å². The van der Waals surface area contributed by atoms with Gasteiger partial charge in [0.2, 0.25) is 0 Å². The van der Waals surface area contributed by atoms with Crippen molar-refractivity contribution in [1.82, 2.24) is 0 Å². The molecule has 0 saturated carbocycles. The molecule has 4 aliphatic rings. The highest BCUT2D eigenvalue weighted by Gasteiger charge is 2.25. The molecule has 0 radical (unpaired) electrons. The third kappa shape index (κ3) is 5.82. The second-order valence-corrected chi connectivity index (χ2v) is 12.9. The summed E-state index contributed by atoms with van der Waals surface area (Å²) in [4.78, 5) is 5.19. The maximum absolute atomic E-state index is 5.12. The highest BCUT2D eigenvalue weighted by molar-refractivity contribution is 5.85. The number of para-hydroxylation sites is 2. The predicted molar refractivity (Wildman–Crippen MR) is 188 cm³/mol. The largest absolute Gasteiger partial charge is 0.371 e. The van der Waals surface area contributed by atoms with Gasteiger partial charge in [0.15, 0.2) is 0 Å². The second kappa shape index (κ2) is 12.4. The lowest BCUT2D eigenvalue weighted by Gasteiger charge is -2.37. The van der Waals surface area contributed by atoms with E-state index in [-0.39, 0.29) is 0 Å². The zero-order chi connectivity index (χ0) is 30.0. The molecule has 0 fully saturated rings. The Hall–Kier alpha value is -4.58. The summed E-state index contributed by atoms with van der Waals surface area (Å²) < 4.78 is 0. The molecule has 0 atom stereocenters. The van der Waals surface area contributed by atoms with E-state index in [2.05, 4.69) is 105 Å². The van der Waals surface area contributed by atoms with Gasteiger partial charge in [-0.05, 0) is 133 Å². The van der Waals surface area contributed by atoms with Crippen molar-refractivity contribution in [2.75, 3.05) is 52.7 Å². The van der Waals surface area contributed by atoms with E-state index in [1.807, 2.05) is 12.4 Å². The Bertz CT molecular complexity index is 1520. The van der Waals surface area contributed by atoms with Crippen molar-refractivity contribution < 1.29 is 0 Å². The van der Waals surface area contributed by atoms with Crippen LogP contribution < -0.4 is 19.8 Å². The summed E-state index contributed by atoms with van der Waals surface area (Å²) in [7, 11) is 0. The van der Waals surface area contributed by atoms with Crippen molar-refractivity contribution in [2.24, 2.45) is 10.2 Å².